The van der Waals surface area contributed by atoms with Gasteiger partial charge in [-0.25, -0.2) is 0 Å². The molecule has 0 aromatic carbocycles. The van der Waals surface area contributed by atoms with Gasteiger partial charge in [0.1, 0.15) is 5.54 Å². The Morgan fingerprint density at radius 1 is 1.32 bits per heavy atom. The number of nitrogens with one attached hydrogen (secondary N) is 3. The van der Waals surface area contributed by atoms with E-state index in [1.807, 2.05) is 0 Å². The second kappa shape index (κ2) is 7.10. The molecule has 1 aliphatic carbocycles. The van der Waals surface area contributed by atoms with E-state index in [4.69, 9.17) is 0 Å². The second-order valence-corrected chi connectivity index (χ2v) is 5.02. The molecule has 0 saturated heterocycles. The third-order valence-corrected chi connectivity index (χ3v) is 3.52. The predicted molar refractivity (Wildman–Crippen MR) is 71.1 cm³/mol. The molecule has 0 heterocycles. The van der Waals surface area contributed by atoms with E-state index in [0.717, 1.165) is 19.3 Å². The van der Waals surface area contributed by atoms with Crippen molar-refractivity contribution in [1.29, 1.82) is 5.26 Å². The molecule has 0 unspecified atom stereocenters. The fourth-order valence-electron chi connectivity index (χ4n) is 2.19. The monoisotopic (exact) mass is 266 g/mol. The van der Waals surface area contributed by atoms with Gasteiger partial charge in [-0.15, -0.1) is 0 Å². The SMILES string of the molecule is CNC(=O)CN[C@@H](C)C(=O)NC1(C#N)CCCCC1. The van der Waals surface area contributed by atoms with Crippen LogP contribution in [-0.4, -0.2) is 37.0 Å². The zero-order chi connectivity index (χ0) is 14.3. The summed E-state index contributed by atoms with van der Waals surface area (Å²) in [4.78, 5) is 23.1. The van der Waals surface area contributed by atoms with Gasteiger partial charge in [0.05, 0.1) is 18.7 Å². The van der Waals surface area contributed by atoms with E-state index in [2.05, 4.69) is 22.0 Å². The Bertz CT molecular complexity index is 369. The summed E-state index contributed by atoms with van der Waals surface area (Å²) < 4.78 is 0. The van der Waals surface area contributed by atoms with Crippen molar-refractivity contribution >= 4 is 11.8 Å². The van der Waals surface area contributed by atoms with Crippen molar-refractivity contribution in [2.45, 2.75) is 50.6 Å². The minimum Gasteiger partial charge on any atom is -0.358 e. The third kappa shape index (κ3) is 4.52. The van der Waals surface area contributed by atoms with Gasteiger partial charge in [0.2, 0.25) is 11.8 Å². The fourth-order valence-corrected chi connectivity index (χ4v) is 2.19. The van der Waals surface area contributed by atoms with E-state index in [0.29, 0.717) is 12.8 Å². The maximum absolute atomic E-state index is 12.0. The highest BCUT2D eigenvalue weighted by molar-refractivity contribution is 5.84. The molecule has 3 N–H and O–H groups in total. The number of rotatable bonds is 5. The molecule has 0 aromatic rings. The molecule has 106 valence electrons. The maximum Gasteiger partial charge on any atom is 0.238 e. The van der Waals surface area contributed by atoms with E-state index < -0.39 is 11.6 Å². The van der Waals surface area contributed by atoms with Crippen LogP contribution >= 0.6 is 0 Å². The molecule has 2 amide bonds. The first-order valence-corrected chi connectivity index (χ1v) is 6.70. The van der Waals surface area contributed by atoms with Gasteiger partial charge in [-0.2, -0.15) is 5.26 Å². The second-order valence-electron chi connectivity index (χ2n) is 5.02. The Labute approximate surface area is 113 Å². The molecule has 1 fully saturated rings. The summed E-state index contributed by atoms with van der Waals surface area (Å²) in [5, 5.41) is 17.4. The lowest BCUT2D eigenvalue weighted by Gasteiger charge is -2.32. The van der Waals surface area contributed by atoms with Gasteiger partial charge in [-0.1, -0.05) is 19.3 Å². The van der Waals surface area contributed by atoms with Crippen LogP contribution in [0.1, 0.15) is 39.0 Å². The standard InChI is InChI=1S/C13H22N4O2/c1-10(16-8-11(18)15-2)12(19)17-13(9-14)6-4-3-5-7-13/h10,16H,3-8H2,1-2H3,(H,15,18)(H,17,19)/t10-/m0/s1. The van der Waals surface area contributed by atoms with E-state index in [1.165, 1.54) is 0 Å². The van der Waals surface area contributed by atoms with Crippen LogP contribution in [0, 0.1) is 11.3 Å². The molecule has 0 aromatic heterocycles. The molecule has 0 spiro atoms. The summed E-state index contributed by atoms with van der Waals surface area (Å²) in [7, 11) is 1.54. The van der Waals surface area contributed by atoms with Crippen LogP contribution in [0.2, 0.25) is 0 Å². The van der Waals surface area contributed by atoms with Crippen molar-refractivity contribution < 1.29 is 9.59 Å². The van der Waals surface area contributed by atoms with Crippen molar-refractivity contribution in [2.75, 3.05) is 13.6 Å². The van der Waals surface area contributed by atoms with Gasteiger partial charge in [0.15, 0.2) is 0 Å². The van der Waals surface area contributed by atoms with Crippen molar-refractivity contribution in [2.24, 2.45) is 0 Å². The summed E-state index contributed by atoms with van der Waals surface area (Å²) in [5.74, 6) is -0.403. The Morgan fingerprint density at radius 3 is 2.47 bits per heavy atom. The third-order valence-electron chi connectivity index (χ3n) is 3.52. The first-order chi connectivity index (χ1) is 9.03. The highest BCUT2D eigenvalue weighted by Crippen LogP contribution is 2.27. The summed E-state index contributed by atoms with van der Waals surface area (Å²) in [6.45, 7) is 1.77. The van der Waals surface area contributed by atoms with Gasteiger partial charge in [-0.3, -0.25) is 14.9 Å². The number of hydrogen-bond donors (Lipinski definition) is 3. The minimum atomic E-state index is -0.724. The molecule has 6 nitrogen and oxygen atoms in total. The summed E-state index contributed by atoms with van der Waals surface area (Å²) in [6, 6.07) is 1.74. The molecule has 0 bridgehead atoms. The fraction of sp³-hybridized carbons (Fsp3) is 0.769. The lowest BCUT2D eigenvalue weighted by atomic mass is 9.82. The molecule has 19 heavy (non-hydrogen) atoms. The Kier molecular flexibility index (Phi) is 5.77. The average Bonchev–Trinajstić information content (AvgIpc) is 2.45. The van der Waals surface area contributed by atoms with Crippen molar-refractivity contribution in [1.82, 2.24) is 16.0 Å². The van der Waals surface area contributed by atoms with Gasteiger partial charge in [0.25, 0.3) is 0 Å². The van der Waals surface area contributed by atoms with E-state index in [1.54, 1.807) is 14.0 Å². The highest BCUT2D eigenvalue weighted by atomic mass is 16.2. The Hall–Kier alpha value is -1.61. The van der Waals surface area contributed by atoms with Gasteiger partial charge in [0, 0.05) is 7.05 Å². The van der Waals surface area contributed by atoms with Crippen LogP contribution in [0.15, 0.2) is 0 Å². The molecule has 0 radical (unpaired) electrons. The smallest absolute Gasteiger partial charge is 0.238 e. The van der Waals surface area contributed by atoms with Crippen molar-refractivity contribution in [3.05, 3.63) is 0 Å². The molecular weight excluding hydrogens is 244 g/mol. The molecule has 1 rings (SSSR count). The summed E-state index contributed by atoms with van der Waals surface area (Å²) in [6.07, 6.45) is 4.46. The first-order valence-electron chi connectivity index (χ1n) is 6.70. The predicted octanol–water partition coefficient (Wildman–Crippen LogP) is 0.0532. The molecular formula is C13H22N4O2. The van der Waals surface area contributed by atoms with Crippen LogP contribution in [0.25, 0.3) is 0 Å². The largest absolute Gasteiger partial charge is 0.358 e. The molecule has 1 aliphatic rings. The number of carbonyl (C=O) groups excluding carboxylic acids is 2. The van der Waals surface area contributed by atoms with Gasteiger partial charge < -0.3 is 10.6 Å². The topological polar surface area (TPSA) is 94.0 Å². The zero-order valence-corrected chi connectivity index (χ0v) is 11.6. The van der Waals surface area contributed by atoms with E-state index >= 15 is 0 Å². The number of nitrogens with zero attached hydrogens (tertiary/aromatic N) is 1. The van der Waals surface area contributed by atoms with E-state index in [-0.39, 0.29) is 18.4 Å². The summed E-state index contributed by atoms with van der Waals surface area (Å²) in [5.41, 5.74) is -0.724. The molecule has 6 heteroatoms. The normalized spacial score (nSPS) is 19.0. The van der Waals surface area contributed by atoms with Crippen LogP contribution < -0.4 is 16.0 Å². The lowest BCUT2D eigenvalue weighted by Crippen LogP contribution is -2.54. The van der Waals surface area contributed by atoms with Gasteiger partial charge >= 0.3 is 0 Å². The quantitative estimate of drug-likeness (QED) is 0.655. The Balaban J connectivity index is 2.48. The number of amides is 2. The van der Waals surface area contributed by atoms with Crippen molar-refractivity contribution in [3.8, 4) is 6.07 Å². The first kappa shape index (κ1) is 15.4. The van der Waals surface area contributed by atoms with Crippen LogP contribution in [0.4, 0.5) is 0 Å². The number of nitriles is 1. The average molecular weight is 266 g/mol. The minimum absolute atomic E-state index is 0.0879. The lowest BCUT2D eigenvalue weighted by molar-refractivity contribution is -0.124. The summed E-state index contributed by atoms with van der Waals surface area (Å²) >= 11 is 0. The maximum atomic E-state index is 12.0. The van der Waals surface area contributed by atoms with Crippen LogP contribution in [0.5, 0.6) is 0 Å². The van der Waals surface area contributed by atoms with Crippen molar-refractivity contribution in [3.63, 3.8) is 0 Å². The molecule has 1 saturated carbocycles. The number of likely N-dealkylation sites (N-methyl/N-ethyl adjacent to an activating group) is 1. The van der Waals surface area contributed by atoms with Gasteiger partial charge in [-0.05, 0) is 19.8 Å². The van der Waals surface area contributed by atoms with Crippen LogP contribution in [0.3, 0.4) is 0 Å². The number of hydrogen-bond acceptors (Lipinski definition) is 4. The number of carbonyl (C=O) groups is 2. The van der Waals surface area contributed by atoms with E-state index in [9.17, 15) is 14.9 Å². The Morgan fingerprint density at radius 2 is 1.95 bits per heavy atom. The molecule has 1 atom stereocenters. The zero-order valence-electron chi connectivity index (χ0n) is 11.6. The molecule has 0 aliphatic heterocycles. The van der Waals surface area contributed by atoms with Crippen LogP contribution in [-0.2, 0) is 9.59 Å². The highest BCUT2D eigenvalue weighted by Gasteiger charge is 2.34.